The maximum absolute atomic E-state index is 12.2. The summed E-state index contributed by atoms with van der Waals surface area (Å²) in [4.78, 5) is 14.1. The first kappa shape index (κ1) is 13.0. The number of carbonyl (C=O) groups excluding carboxylic acids is 1. The number of hydrogen-bond donors (Lipinski definition) is 0. The van der Waals surface area contributed by atoms with Crippen LogP contribution < -0.4 is 0 Å². The number of likely N-dealkylation sites (tertiary alicyclic amines) is 1. The van der Waals surface area contributed by atoms with Gasteiger partial charge >= 0.3 is 0 Å². The van der Waals surface area contributed by atoms with Crippen LogP contribution in [0.4, 0.5) is 0 Å². The van der Waals surface area contributed by atoms with Crippen LogP contribution in [-0.2, 0) is 4.79 Å². The van der Waals surface area contributed by atoms with E-state index in [9.17, 15) is 4.79 Å². The summed E-state index contributed by atoms with van der Waals surface area (Å²) in [5.74, 6) is -0.354. The monoisotopic (exact) mass is 222 g/mol. The van der Waals surface area contributed by atoms with Gasteiger partial charge in [0.05, 0.1) is 6.07 Å². The zero-order valence-corrected chi connectivity index (χ0v) is 10.4. The largest absolute Gasteiger partial charge is 0.339 e. The van der Waals surface area contributed by atoms with Crippen LogP contribution in [0.25, 0.3) is 0 Å². The molecule has 1 aliphatic heterocycles. The summed E-state index contributed by atoms with van der Waals surface area (Å²) >= 11 is 0. The summed E-state index contributed by atoms with van der Waals surface area (Å²) in [6.07, 6.45) is 6.01. The molecule has 2 unspecified atom stereocenters. The fourth-order valence-corrected chi connectivity index (χ4v) is 2.45. The van der Waals surface area contributed by atoms with E-state index in [1.54, 1.807) is 0 Å². The van der Waals surface area contributed by atoms with E-state index in [4.69, 9.17) is 5.26 Å². The Bertz CT molecular complexity index is 270. The summed E-state index contributed by atoms with van der Waals surface area (Å²) < 4.78 is 0. The quantitative estimate of drug-likeness (QED) is 0.734. The molecule has 0 aromatic heterocycles. The highest BCUT2D eigenvalue weighted by molar-refractivity contribution is 5.81. The topological polar surface area (TPSA) is 44.1 Å². The molecule has 2 atom stereocenters. The molecule has 90 valence electrons. The maximum atomic E-state index is 12.2. The van der Waals surface area contributed by atoms with Crippen molar-refractivity contribution in [1.29, 1.82) is 5.26 Å². The van der Waals surface area contributed by atoms with Gasteiger partial charge in [-0.15, -0.1) is 0 Å². The van der Waals surface area contributed by atoms with Gasteiger partial charge in [-0.1, -0.05) is 20.3 Å². The summed E-state index contributed by atoms with van der Waals surface area (Å²) in [7, 11) is 0. The molecule has 16 heavy (non-hydrogen) atoms. The lowest BCUT2D eigenvalue weighted by molar-refractivity contribution is -0.137. The summed E-state index contributed by atoms with van der Waals surface area (Å²) in [6, 6.07) is 2.52. The van der Waals surface area contributed by atoms with Gasteiger partial charge in [-0.25, -0.2) is 0 Å². The first-order valence-corrected chi connectivity index (χ1v) is 6.44. The van der Waals surface area contributed by atoms with E-state index in [0.717, 1.165) is 32.2 Å². The molecule has 0 bridgehead atoms. The standard InChI is InChI=1S/C13H22N2O/c1-3-7-11(10-14)13(16)15-9-6-5-8-12(15)4-2/h11-12H,3-9H2,1-2H3. The van der Waals surface area contributed by atoms with Crippen molar-refractivity contribution in [2.24, 2.45) is 5.92 Å². The van der Waals surface area contributed by atoms with Crippen molar-refractivity contribution in [3.05, 3.63) is 0 Å². The van der Waals surface area contributed by atoms with E-state index >= 15 is 0 Å². The molecule has 0 N–H and O–H groups in total. The minimum absolute atomic E-state index is 0.0656. The molecule has 1 amide bonds. The Morgan fingerprint density at radius 3 is 2.81 bits per heavy atom. The molecule has 1 heterocycles. The molecule has 0 aromatic rings. The number of nitriles is 1. The van der Waals surface area contributed by atoms with E-state index in [0.29, 0.717) is 12.5 Å². The van der Waals surface area contributed by atoms with Gasteiger partial charge in [0.2, 0.25) is 5.91 Å². The Morgan fingerprint density at radius 2 is 2.25 bits per heavy atom. The van der Waals surface area contributed by atoms with E-state index in [1.165, 1.54) is 6.42 Å². The second kappa shape index (κ2) is 6.52. The number of carbonyl (C=O) groups is 1. The molecule has 1 rings (SSSR count). The Balaban J connectivity index is 2.66. The van der Waals surface area contributed by atoms with Crippen molar-refractivity contribution in [2.45, 2.75) is 58.4 Å². The lowest BCUT2D eigenvalue weighted by Crippen LogP contribution is -2.46. The number of hydrogen-bond acceptors (Lipinski definition) is 2. The van der Waals surface area contributed by atoms with Gasteiger partial charge in [-0.2, -0.15) is 5.26 Å². The average Bonchev–Trinajstić information content (AvgIpc) is 2.35. The van der Waals surface area contributed by atoms with Crippen LogP contribution in [-0.4, -0.2) is 23.4 Å². The number of amides is 1. The van der Waals surface area contributed by atoms with Crippen molar-refractivity contribution >= 4 is 5.91 Å². The normalized spacial score (nSPS) is 22.6. The zero-order chi connectivity index (χ0) is 12.0. The van der Waals surface area contributed by atoms with Crippen molar-refractivity contribution in [2.75, 3.05) is 6.54 Å². The molecule has 3 heteroatoms. The van der Waals surface area contributed by atoms with Crippen LogP contribution in [0.15, 0.2) is 0 Å². The van der Waals surface area contributed by atoms with Gasteiger partial charge in [-0.3, -0.25) is 4.79 Å². The molecule has 1 saturated heterocycles. The predicted molar refractivity (Wildman–Crippen MR) is 63.7 cm³/mol. The summed E-state index contributed by atoms with van der Waals surface area (Å²) in [5.41, 5.74) is 0. The van der Waals surface area contributed by atoms with Crippen LogP contribution in [0.1, 0.15) is 52.4 Å². The average molecular weight is 222 g/mol. The van der Waals surface area contributed by atoms with Crippen molar-refractivity contribution in [3.63, 3.8) is 0 Å². The van der Waals surface area contributed by atoms with Gasteiger partial charge in [-0.05, 0) is 32.1 Å². The maximum Gasteiger partial charge on any atom is 0.240 e. The highest BCUT2D eigenvalue weighted by Crippen LogP contribution is 2.22. The van der Waals surface area contributed by atoms with Crippen LogP contribution in [0.5, 0.6) is 0 Å². The second-order valence-corrected chi connectivity index (χ2v) is 4.56. The minimum Gasteiger partial charge on any atom is -0.339 e. The van der Waals surface area contributed by atoms with E-state index in [-0.39, 0.29) is 5.91 Å². The fourth-order valence-electron chi connectivity index (χ4n) is 2.45. The molecule has 1 fully saturated rings. The Labute approximate surface area is 98.4 Å². The Hall–Kier alpha value is -1.04. The molecule has 1 aliphatic rings. The van der Waals surface area contributed by atoms with E-state index in [1.807, 2.05) is 11.8 Å². The zero-order valence-electron chi connectivity index (χ0n) is 10.4. The van der Waals surface area contributed by atoms with Gasteiger partial charge in [0.15, 0.2) is 0 Å². The fraction of sp³-hybridized carbons (Fsp3) is 0.846. The van der Waals surface area contributed by atoms with Crippen molar-refractivity contribution in [1.82, 2.24) is 4.90 Å². The van der Waals surface area contributed by atoms with Gasteiger partial charge in [0.25, 0.3) is 0 Å². The molecule has 3 nitrogen and oxygen atoms in total. The summed E-state index contributed by atoms with van der Waals surface area (Å²) in [5, 5.41) is 9.02. The number of nitrogens with zero attached hydrogens (tertiary/aromatic N) is 2. The van der Waals surface area contributed by atoms with E-state index < -0.39 is 5.92 Å². The lowest BCUT2D eigenvalue weighted by atomic mass is 9.96. The predicted octanol–water partition coefficient (Wildman–Crippen LogP) is 2.72. The second-order valence-electron chi connectivity index (χ2n) is 4.56. The minimum atomic E-state index is -0.419. The number of piperidine rings is 1. The Kier molecular flexibility index (Phi) is 5.31. The smallest absolute Gasteiger partial charge is 0.240 e. The molecule has 0 aliphatic carbocycles. The molecule has 0 spiro atoms. The van der Waals surface area contributed by atoms with Crippen LogP contribution >= 0.6 is 0 Å². The third-order valence-corrected chi connectivity index (χ3v) is 3.41. The SMILES string of the molecule is CCCC(C#N)C(=O)N1CCCCC1CC. The van der Waals surface area contributed by atoms with Crippen LogP contribution in [0.3, 0.4) is 0 Å². The first-order chi connectivity index (χ1) is 7.74. The lowest BCUT2D eigenvalue weighted by Gasteiger charge is -2.36. The molecular formula is C13H22N2O. The Morgan fingerprint density at radius 1 is 1.50 bits per heavy atom. The molecule has 0 aromatic carbocycles. The van der Waals surface area contributed by atoms with Crippen LogP contribution in [0, 0.1) is 17.2 Å². The highest BCUT2D eigenvalue weighted by atomic mass is 16.2. The number of rotatable bonds is 4. The first-order valence-electron chi connectivity index (χ1n) is 6.44. The van der Waals surface area contributed by atoms with E-state index in [2.05, 4.69) is 13.0 Å². The van der Waals surface area contributed by atoms with Crippen molar-refractivity contribution in [3.8, 4) is 6.07 Å². The third kappa shape index (κ3) is 2.98. The summed E-state index contributed by atoms with van der Waals surface area (Å²) in [6.45, 7) is 4.99. The molecule has 0 saturated carbocycles. The van der Waals surface area contributed by atoms with Crippen molar-refractivity contribution < 1.29 is 4.79 Å². The van der Waals surface area contributed by atoms with Gasteiger partial charge < -0.3 is 4.90 Å². The molecule has 0 radical (unpaired) electrons. The van der Waals surface area contributed by atoms with Crippen LogP contribution in [0.2, 0.25) is 0 Å². The van der Waals surface area contributed by atoms with Gasteiger partial charge in [0, 0.05) is 12.6 Å². The van der Waals surface area contributed by atoms with Gasteiger partial charge in [0.1, 0.15) is 5.92 Å². The molecular weight excluding hydrogens is 200 g/mol. The third-order valence-electron chi connectivity index (χ3n) is 3.41. The highest BCUT2D eigenvalue weighted by Gasteiger charge is 2.29.